The molecule has 6 nitrogen and oxygen atoms in total. The highest BCUT2D eigenvalue weighted by atomic mass is 19.1. The lowest BCUT2D eigenvalue weighted by atomic mass is 9.94. The van der Waals surface area contributed by atoms with Crippen LogP contribution in [0.4, 0.5) is 10.2 Å². The number of nitrogens with zero attached hydrogens (tertiary/aromatic N) is 3. The third-order valence-electron chi connectivity index (χ3n) is 6.72. The largest absolute Gasteiger partial charge is 0.403 e. The van der Waals surface area contributed by atoms with Crippen LogP contribution < -0.4 is 15.8 Å². The first kappa shape index (κ1) is 21.8. The average molecular weight is 449 g/mol. The van der Waals surface area contributed by atoms with Gasteiger partial charge in [0.1, 0.15) is 11.6 Å². The van der Waals surface area contributed by atoms with Gasteiger partial charge in [0.25, 0.3) is 0 Å². The van der Waals surface area contributed by atoms with E-state index in [2.05, 4.69) is 34.0 Å². The van der Waals surface area contributed by atoms with E-state index in [0.717, 1.165) is 49.1 Å². The third-order valence-corrected chi connectivity index (χ3v) is 6.72. The number of hydrogen-bond donors (Lipinski definition) is 1. The van der Waals surface area contributed by atoms with Gasteiger partial charge < -0.3 is 14.6 Å². The molecule has 2 aromatic rings. The van der Waals surface area contributed by atoms with Gasteiger partial charge in [-0.2, -0.15) is 4.98 Å². The van der Waals surface area contributed by atoms with Crippen molar-refractivity contribution < 1.29 is 8.81 Å². The molecular weight excluding hydrogens is 419 g/mol. The van der Waals surface area contributed by atoms with Crippen LogP contribution in [-0.4, -0.2) is 35.9 Å². The van der Waals surface area contributed by atoms with Crippen molar-refractivity contribution in [2.24, 2.45) is 10.9 Å². The quantitative estimate of drug-likeness (QED) is 0.717. The molecule has 4 heterocycles. The van der Waals surface area contributed by atoms with Gasteiger partial charge in [0, 0.05) is 36.5 Å². The summed E-state index contributed by atoms with van der Waals surface area (Å²) in [6, 6.07) is 6.30. The molecule has 0 saturated carbocycles. The van der Waals surface area contributed by atoms with Gasteiger partial charge in [0.05, 0.1) is 17.0 Å². The van der Waals surface area contributed by atoms with Crippen molar-refractivity contribution >= 4 is 28.3 Å². The molecule has 33 heavy (non-hydrogen) atoms. The van der Waals surface area contributed by atoms with Gasteiger partial charge in [-0.15, -0.1) is 0 Å². The highest BCUT2D eigenvalue weighted by Gasteiger charge is 2.26. The van der Waals surface area contributed by atoms with E-state index in [4.69, 9.17) is 4.42 Å². The van der Waals surface area contributed by atoms with Crippen LogP contribution >= 0.6 is 0 Å². The Morgan fingerprint density at radius 2 is 2.09 bits per heavy atom. The zero-order chi connectivity index (χ0) is 23.1. The smallest absolute Gasteiger partial charge is 0.347 e. The summed E-state index contributed by atoms with van der Waals surface area (Å²) in [4.78, 5) is 24.5. The molecule has 3 atom stereocenters. The molecule has 1 aliphatic carbocycles. The number of fused-ring (bicyclic) bond motifs is 2. The first-order chi connectivity index (χ1) is 15.9. The molecule has 172 valence electrons. The highest BCUT2D eigenvalue weighted by molar-refractivity contribution is 6.04. The van der Waals surface area contributed by atoms with Gasteiger partial charge in [-0.3, -0.25) is 0 Å². The van der Waals surface area contributed by atoms with Crippen LogP contribution in [-0.2, 0) is 0 Å². The van der Waals surface area contributed by atoms with E-state index in [1.165, 1.54) is 6.08 Å². The van der Waals surface area contributed by atoms with E-state index >= 15 is 0 Å². The number of hydrogen-bond acceptors (Lipinski definition) is 6. The van der Waals surface area contributed by atoms with Crippen LogP contribution in [0.2, 0.25) is 0 Å². The van der Waals surface area contributed by atoms with Crippen LogP contribution in [0.1, 0.15) is 45.6 Å². The molecule has 7 heteroatoms. The van der Waals surface area contributed by atoms with Crippen LogP contribution in [0.15, 0.2) is 62.0 Å². The lowest BCUT2D eigenvalue weighted by Crippen LogP contribution is -2.54. The number of piperazine rings is 1. The van der Waals surface area contributed by atoms with Crippen molar-refractivity contribution in [2.75, 3.05) is 18.0 Å². The maximum Gasteiger partial charge on any atom is 0.347 e. The van der Waals surface area contributed by atoms with Crippen molar-refractivity contribution in [2.45, 2.75) is 52.1 Å². The minimum absolute atomic E-state index is 0.00702. The predicted molar refractivity (Wildman–Crippen MR) is 130 cm³/mol. The van der Waals surface area contributed by atoms with Crippen molar-refractivity contribution in [3.05, 3.63) is 63.8 Å². The topological polar surface area (TPSA) is 70.7 Å². The Kier molecular flexibility index (Phi) is 5.74. The maximum atomic E-state index is 14.9. The number of nitrogens with one attached hydrogen (secondary N) is 1. The molecule has 0 bridgehead atoms. The van der Waals surface area contributed by atoms with E-state index in [-0.39, 0.29) is 17.8 Å². The molecule has 2 aromatic heterocycles. The monoisotopic (exact) mass is 448 g/mol. The van der Waals surface area contributed by atoms with Gasteiger partial charge in [-0.25, -0.2) is 14.2 Å². The van der Waals surface area contributed by atoms with Gasteiger partial charge in [-0.1, -0.05) is 17.7 Å². The molecule has 0 amide bonds. The molecule has 1 saturated heterocycles. The fourth-order valence-electron chi connectivity index (χ4n) is 4.80. The summed E-state index contributed by atoms with van der Waals surface area (Å²) in [6.07, 6.45) is 7.74. The van der Waals surface area contributed by atoms with E-state index < -0.39 is 5.63 Å². The number of anilines is 1. The molecule has 3 unspecified atom stereocenters. The molecule has 3 aliphatic rings. The summed E-state index contributed by atoms with van der Waals surface area (Å²) < 4.78 is 20.5. The minimum Gasteiger partial charge on any atom is -0.403 e. The predicted octanol–water partition coefficient (Wildman–Crippen LogP) is 4.77. The molecule has 5 rings (SSSR count). The first-order valence-electron chi connectivity index (χ1n) is 11.7. The molecule has 1 N–H and O–H groups in total. The second kappa shape index (κ2) is 8.71. The van der Waals surface area contributed by atoms with Crippen molar-refractivity contribution in [1.82, 2.24) is 10.3 Å². The second-order valence-corrected chi connectivity index (χ2v) is 9.36. The molecular formula is C26H29FN4O2. The molecule has 0 spiro atoms. The lowest BCUT2D eigenvalue weighted by Gasteiger charge is -2.38. The van der Waals surface area contributed by atoms with Gasteiger partial charge in [0.15, 0.2) is 0 Å². The fraction of sp³-hybridized carbons (Fsp3) is 0.423. The van der Waals surface area contributed by atoms with Crippen LogP contribution in [0, 0.1) is 5.92 Å². The van der Waals surface area contributed by atoms with Gasteiger partial charge >= 0.3 is 5.63 Å². The summed E-state index contributed by atoms with van der Waals surface area (Å²) in [7, 11) is 0. The number of aliphatic imine (C=N–C) groups is 1. The van der Waals surface area contributed by atoms with Gasteiger partial charge in [-0.05, 0) is 64.3 Å². The molecule has 0 aromatic carbocycles. The number of rotatable bonds is 2. The first-order valence-corrected chi connectivity index (χ1v) is 11.7. The summed E-state index contributed by atoms with van der Waals surface area (Å²) in [5.74, 6) is 0.479. The zero-order valence-corrected chi connectivity index (χ0v) is 19.3. The van der Waals surface area contributed by atoms with Crippen LogP contribution in [0.25, 0.3) is 16.8 Å². The van der Waals surface area contributed by atoms with Crippen LogP contribution in [0.3, 0.4) is 0 Å². The van der Waals surface area contributed by atoms with E-state index in [9.17, 15) is 9.18 Å². The average Bonchev–Trinajstić information content (AvgIpc) is 3.07. The number of allylic oxidation sites excluding steroid dienone is 5. The van der Waals surface area contributed by atoms with E-state index in [1.54, 1.807) is 6.07 Å². The fourth-order valence-corrected chi connectivity index (χ4v) is 4.80. The van der Waals surface area contributed by atoms with E-state index in [1.807, 2.05) is 31.2 Å². The maximum absolute atomic E-state index is 14.9. The third kappa shape index (κ3) is 4.29. The number of pyridine rings is 1. The van der Waals surface area contributed by atoms with E-state index in [0.29, 0.717) is 28.7 Å². The minimum atomic E-state index is -0.504. The second-order valence-electron chi connectivity index (χ2n) is 9.36. The molecule has 1 fully saturated rings. The summed E-state index contributed by atoms with van der Waals surface area (Å²) >= 11 is 0. The van der Waals surface area contributed by atoms with Crippen molar-refractivity contribution in [3.63, 3.8) is 0 Å². The summed E-state index contributed by atoms with van der Waals surface area (Å²) in [5, 5.41) is 4.18. The number of aromatic nitrogens is 1. The highest BCUT2D eigenvalue weighted by Crippen LogP contribution is 2.32. The van der Waals surface area contributed by atoms with Gasteiger partial charge in [0.2, 0.25) is 5.71 Å². The SMILES string of the molecule is CC1=CCC2CCC=C(c3cc4ccc(N5CC(C)NCC5C)nc4oc3=O)N=C2C(F)=C1. The summed E-state index contributed by atoms with van der Waals surface area (Å²) in [5.41, 5.74) is 1.93. The molecule has 0 radical (unpaired) electrons. The Bertz CT molecular complexity index is 1270. The Balaban J connectivity index is 1.52. The van der Waals surface area contributed by atoms with Crippen molar-refractivity contribution in [1.29, 1.82) is 0 Å². The Hall–Kier alpha value is -3.06. The zero-order valence-electron chi connectivity index (χ0n) is 19.3. The Morgan fingerprint density at radius 3 is 2.94 bits per heavy atom. The summed E-state index contributed by atoms with van der Waals surface area (Å²) in [6.45, 7) is 7.89. The Morgan fingerprint density at radius 1 is 1.24 bits per heavy atom. The lowest BCUT2D eigenvalue weighted by molar-refractivity contribution is 0.422. The van der Waals surface area contributed by atoms with Crippen LogP contribution in [0.5, 0.6) is 0 Å². The van der Waals surface area contributed by atoms with Crippen molar-refractivity contribution in [3.8, 4) is 0 Å². The Labute approximate surface area is 192 Å². The standard InChI is InChI=1S/C26H29FN4O2/c1-15-7-8-18-5-4-6-22(29-24(18)21(27)11-15)20-12-19-9-10-23(30-25(19)33-26(20)32)31-14-16(2)28-13-17(31)3/h6-7,9-12,16-18,28H,4-5,8,13-14H2,1-3H3. The number of halogens is 1. The normalized spacial score (nSPS) is 25.9. The molecule has 2 aliphatic heterocycles.